The van der Waals surface area contributed by atoms with Crippen molar-refractivity contribution in [2.45, 2.75) is 19.9 Å². The molecule has 0 spiro atoms. The van der Waals surface area contributed by atoms with Crippen LogP contribution in [0.25, 0.3) is 10.2 Å². The number of carbonyl (C=O) groups excluding carboxylic acids is 1. The minimum absolute atomic E-state index is 0.0398. The second-order valence-corrected chi connectivity index (χ2v) is 5.11. The van der Waals surface area contributed by atoms with Crippen LogP contribution in [-0.4, -0.2) is 17.0 Å². The molecule has 2 aromatic heterocycles. The summed E-state index contributed by atoms with van der Waals surface area (Å²) in [5.74, 6) is -0.0398. The summed E-state index contributed by atoms with van der Waals surface area (Å²) in [6.07, 6.45) is 1.68. The van der Waals surface area contributed by atoms with E-state index in [9.17, 15) is 4.79 Å². The van der Waals surface area contributed by atoms with Crippen molar-refractivity contribution in [1.82, 2.24) is 9.88 Å². The van der Waals surface area contributed by atoms with Gasteiger partial charge >= 0.3 is 0 Å². The molecule has 0 saturated carbocycles. The summed E-state index contributed by atoms with van der Waals surface area (Å²) in [4.78, 5) is 12.0. The van der Waals surface area contributed by atoms with Crippen molar-refractivity contribution < 1.29 is 4.79 Å². The van der Waals surface area contributed by atoms with E-state index in [2.05, 4.69) is 41.8 Å². The number of rotatable bonds is 4. The average Bonchev–Trinajstić information content (AvgIpc) is 2.83. The molecule has 0 radical (unpaired) electrons. The Morgan fingerprint density at radius 1 is 1.65 bits per heavy atom. The summed E-state index contributed by atoms with van der Waals surface area (Å²) in [5, 5.41) is 4.87. The number of aromatic nitrogens is 1. The number of hydrogen-bond donors (Lipinski definition) is 1. The van der Waals surface area contributed by atoms with E-state index in [0.29, 0.717) is 6.54 Å². The van der Waals surface area contributed by atoms with Crippen LogP contribution < -0.4 is 5.32 Å². The van der Waals surface area contributed by atoms with Gasteiger partial charge in [-0.25, -0.2) is 0 Å². The van der Waals surface area contributed by atoms with Gasteiger partial charge in [0.05, 0.1) is 10.2 Å². The Morgan fingerprint density at radius 3 is 3.06 bits per heavy atom. The molecule has 0 aliphatic heterocycles. The number of amides is 1. The topological polar surface area (TPSA) is 34.0 Å². The van der Waals surface area contributed by atoms with Gasteiger partial charge in [0.1, 0.15) is 5.69 Å². The van der Waals surface area contributed by atoms with Crippen molar-refractivity contribution in [2.75, 3.05) is 6.54 Å². The van der Waals surface area contributed by atoms with Crippen LogP contribution in [0.4, 0.5) is 0 Å². The summed E-state index contributed by atoms with van der Waals surface area (Å²) in [6.45, 7) is 8.26. The van der Waals surface area contributed by atoms with Crippen LogP contribution in [0.15, 0.2) is 30.2 Å². The Bertz CT molecular complexity index is 551. The Hall–Kier alpha value is -1.55. The zero-order chi connectivity index (χ0) is 12.4. The third-order valence-corrected chi connectivity index (χ3v) is 3.47. The maximum absolute atomic E-state index is 12.0. The van der Waals surface area contributed by atoms with Gasteiger partial charge in [0, 0.05) is 12.6 Å². The third-order valence-electron chi connectivity index (χ3n) is 2.62. The van der Waals surface area contributed by atoms with Crippen molar-refractivity contribution >= 4 is 27.5 Å². The van der Waals surface area contributed by atoms with Crippen LogP contribution in [0.5, 0.6) is 0 Å². The van der Waals surface area contributed by atoms with Crippen molar-refractivity contribution in [3.63, 3.8) is 0 Å². The predicted octanol–water partition coefficient (Wildman–Crippen LogP) is 3.20. The van der Waals surface area contributed by atoms with Gasteiger partial charge < -0.3 is 9.88 Å². The molecule has 0 saturated heterocycles. The number of hydrogen-bond acceptors (Lipinski definition) is 2. The molecule has 0 fully saturated rings. The fourth-order valence-electron chi connectivity index (χ4n) is 1.93. The van der Waals surface area contributed by atoms with E-state index in [1.807, 2.05) is 6.07 Å². The normalized spacial score (nSPS) is 11.0. The largest absolute Gasteiger partial charge is 0.347 e. The summed E-state index contributed by atoms with van der Waals surface area (Å²) >= 11 is 1.66. The molecule has 2 heterocycles. The first-order valence-electron chi connectivity index (χ1n) is 5.62. The van der Waals surface area contributed by atoms with Gasteiger partial charge in [-0.05, 0) is 31.4 Å². The molecule has 2 rings (SSSR count). The first-order valence-corrected chi connectivity index (χ1v) is 6.50. The number of carbonyl (C=O) groups is 1. The first-order chi connectivity index (χ1) is 8.15. The number of fused-ring (bicyclic) bond motifs is 1. The van der Waals surface area contributed by atoms with E-state index in [1.165, 1.54) is 0 Å². The molecule has 90 valence electrons. The van der Waals surface area contributed by atoms with Gasteiger partial charge in [-0.1, -0.05) is 6.08 Å². The standard InChI is InChI=1S/C13H16N2OS/c1-4-6-14-13(16)11-8-12-10(5-7-17-12)15(11)9(2)3/h4-5,7-9H,1,6H2,2-3H3,(H,14,16). The average molecular weight is 248 g/mol. The monoisotopic (exact) mass is 248 g/mol. The fourth-order valence-corrected chi connectivity index (χ4v) is 2.74. The van der Waals surface area contributed by atoms with Crippen LogP contribution in [0, 0.1) is 0 Å². The second-order valence-electron chi connectivity index (χ2n) is 4.16. The van der Waals surface area contributed by atoms with Gasteiger partial charge in [0.15, 0.2) is 0 Å². The summed E-state index contributed by atoms with van der Waals surface area (Å²) in [5.41, 5.74) is 1.86. The molecule has 0 aliphatic carbocycles. The maximum Gasteiger partial charge on any atom is 0.268 e. The van der Waals surface area contributed by atoms with Gasteiger partial charge in [0.2, 0.25) is 0 Å². The molecule has 1 amide bonds. The van der Waals surface area contributed by atoms with Crippen molar-refractivity contribution in [2.24, 2.45) is 0 Å². The molecule has 2 aromatic rings. The molecular weight excluding hydrogens is 232 g/mol. The maximum atomic E-state index is 12.0. The molecule has 3 nitrogen and oxygen atoms in total. The Kier molecular flexibility index (Phi) is 3.33. The lowest BCUT2D eigenvalue weighted by atomic mass is 10.3. The highest BCUT2D eigenvalue weighted by molar-refractivity contribution is 7.17. The summed E-state index contributed by atoms with van der Waals surface area (Å²) in [7, 11) is 0. The Balaban J connectivity index is 2.45. The van der Waals surface area contributed by atoms with Gasteiger partial charge in [0.25, 0.3) is 5.91 Å². The molecular formula is C13H16N2OS. The molecule has 0 bridgehead atoms. The lowest BCUT2D eigenvalue weighted by molar-refractivity contribution is 0.0948. The lowest BCUT2D eigenvalue weighted by Gasteiger charge is -2.13. The SMILES string of the molecule is C=CCNC(=O)c1cc2sccc2n1C(C)C. The van der Waals surface area contributed by atoms with Crippen LogP contribution in [-0.2, 0) is 0 Å². The van der Waals surface area contributed by atoms with Gasteiger partial charge in [-0.15, -0.1) is 17.9 Å². The van der Waals surface area contributed by atoms with E-state index in [4.69, 9.17) is 0 Å². The Morgan fingerprint density at radius 2 is 2.41 bits per heavy atom. The lowest BCUT2D eigenvalue weighted by Crippen LogP contribution is -2.26. The molecule has 0 atom stereocenters. The highest BCUT2D eigenvalue weighted by Gasteiger charge is 2.17. The van der Waals surface area contributed by atoms with Gasteiger partial charge in [-0.2, -0.15) is 0 Å². The Labute approximate surface area is 105 Å². The minimum Gasteiger partial charge on any atom is -0.347 e. The number of nitrogens with one attached hydrogen (secondary N) is 1. The first kappa shape index (κ1) is 11.9. The van der Waals surface area contributed by atoms with Crippen LogP contribution in [0.3, 0.4) is 0 Å². The van der Waals surface area contributed by atoms with E-state index >= 15 is 0 Å². The molecule has 17 heavy (non-hydrogen) atoms. The molecule has 0 aromatic carbocycles. The number of thiophene rings is 1. The quantitative estimate of drug-likeness (QED) is 0.828. The zero-order valence-electron chi connectivity index (χ0n) is 10.1. The smallest absolute Gasteiger partial charge is 0.268 e. The van der Waals surface area contributed by atoms with E-state index in [0.717, 1.165) is 15.9 Å². The van der Waals surface area contributed by atoms with E-state index < -0.39 is 0 Å². The zero-order valence-corrected chi connectivity index (χ0v) is 10.9. The van der Waals surface area contributed by atoms with Crippen LogP contribution in [0.1, 0.15) is 30.4 Å². The summed E-state index contributed by atoms with van der Waals surface area (Å²) < 4.78 is 3.23. The highest BCUT2D eigenvalue weighted by atomic mass is 32.1. The van der Waals surface area contributed by atoms with Crippen molar-refractivity contribution in [3.8, 4) is 0 Å². The van der Waals surface area contributed by atoms with Gasteiger partial charge in [-0.3, -0.25) is 4.79 Å². The van der Waals surface area contributed by atoms with E-state index in [1.54, 1.807) is 17.4 Å². The third kappa shape index (κ3) is 2.13. The predicted molar refractivity (Wildman–Crippen MR) is 72.7 cm³/mol. The molecule has 1 N–H and O–H groups in total. The molecule has 4 heteroatoms. The van der Waals surface area contributed by atoms with Crippen LogP contribution in [0.2, 0.25) is 0 Å². The fraction of sp³-hybridized carbons (Fsp3) is 0.308. The molecule has 0 unspecified atom stereocenters. The van der Waals surface area contributed by atoms with Crippen molar-refractivity contribution in [3.05, 3.63) is 35.9 Å². The summed E-state index contributed by atoms with van der Waals surface area (Å²) in [6, 6.07) is 4.29. The van der Waals surface area contributed by atoms with Crippen molar-refractivity contribution in [1.29, 1.82) is 0 Å². The van der Waals surface area contributed by atoms with Crippen LogP contribution >= 0.6 is 11.3 Å². The van der Waals surface area contributed by atoms with E-state index in [-0.39, 0.29) is 11.9 Å². The number of nitrogens with zero attached hydrogens (tertiary/aromatic N) is 1. The minimum atomic E-state index is -0.0398. The highest BCUT2D eigenvalue weighted by Crippen LogP contribution is 2.28. The molecule has 0 aliphatic rings. The second kappa shape index (κ2) is 4.75.